The Morgan fingerprint density at radius 2 is 1.64 bits per heavy atom. The van der Waals surface area contributed by atoms with Crippen molar-refractivity contribution >= 4 is 23.3 Å². The molecular weight excluding hydrogens is 322 g/mol. The molecule has 0 fully saturated rings. The van der Waals surface area contributed by atoms with E-state index in [2.05, 4.69) is 5.32 Å². The second-order valence-electron chi connectivity index (χ2n) is 5.33. The lowest BCUT2D eigenvalue weighted by Crippen LogP contribution is -2.30. The van der Waals surface area contributed by atoms with Gasteiger partial charge in [-0.2, -0.15) is 0 Å². The number of anilines is 1. The predicted molar refractivity (Wildman–Crippen MR) is 92.6 cm³/mol. The number of rotatable bonds is 7. The second-order valence-corrected chi connectivity index (χ2v) is 5.33. The fraction of sp³-hybridized carbons (Fsp3) is 0.211. The van der Waals surface area contributed by atoms with Crippen LogP contribution >= 0.6 is 0 Å². The lowest BCUT2D eigenvalue weighted by atomic mass is 10.1. The van der Waals surface area contributed by atoms with E-state index in [0.717, 1.165) is 0 Å². The molecule has 2 rings (SSSR count). The van der Waals surface area contributed by atoms with Crippen molar-refractivity contribution in [1.29, 1.82) is 0 Å². The van der Waals surface area contributed by atoms with Gasteiger partial charge >= 0.3 is 5.97 Å². The summed E-state index contributed by atoms with van der Waals surface area (Å²) in [4.78, 5) is 35.4. The van der Waals surface area contributed by atoms with Crippen molar-refractivity contribution in [2.24, 2.45) is 0 Å². The van der Waals surface area contributed by atoms with E-state index >= 15 is 0 Å². The molecule has 0 spiro atoms. The van der Waals surface area contributed by atoms with Crippen LogP contribution in [0.5, 0.6) is 5.75 Å². The third-order valence-corrected chi connectivity index (χ3v) is 3.31. The van der Waals surface area contributed by atoms with E-state index in [1.54, 1.807) is 48.5 Å². The van der Waals surface area contributed by atoms with Crippen molar-refractivity contribution in [2.75, 3.05) is 11.9 Å². The molecule has 6 nitrogen and oxygen atoms in total. The van der Waals surface area contributed by atoms with Crippen molar-refractivity contribution in [3.63, 3.8) is 0 Å². The van der Waals surface area contributed by atoms with Crippen LogP contribution in [0.2, 0.25) is 0 Å². The van der Waals surface area contributed by atoms with Crippen LogP contribution in [0.4, 0.5) is 5.69 Å². The molecule has 0 saturated heterocycles. The Hall–Kier alpha value is -3.15. The molecule has 6 heteroatoms. The van der Waals surface area contributed by atoms with Crippen LogP contribution in [0, 0.1) is 0 Å². The normalized spacial score (nSPS) is 11.3. The van der Waals surface area contributed by atoms with Crippen molar-refractivity contribution in [3.8, 4) is 5.75 Å². The van der Waals surface area contributed by atoms with E-state index in [1.165, 1.54) is 13.8 Å². The van der Waals surface area contributed by atoms with Gasteiger partial charge in [0, 0.05) is 5.56 Å². The zero-order chi connectivity index (χ0) is 18.2. The molecule has 0 saturated carbocycles. The number of Topliss-reactive ketones (excluding diaryl/α,β-unsaturated/α-hetero) is 1. The van der Waals surface area contributed by atoms with Crippen molar-refractivity contribution in [3.05, 3.63) is 60.2 Å². The molecule has 0 aliphatic heterocycles. The Morgan fingerprint density at radius 3 is 2.32 bits per heavy atom. The largest absolute Gasteiger partial charge is 0.479 e. The summed E-state index contributed by atoms with van der Waals surface area (Å²) in [6.45, 7) is 2.49. The number of ketones is 1. The van der Waals surface area contributed by atoms with E-state index in [0.29, 0.717) is 17.0 Å². The van der Waals surface area contributed by atoms with Gasteiger partial charge in [-0.25, -0.2) is 4.79 Å². The molecule has 1 atom stereocenters. The number of benzene rings is 2. The molecule has 25 heavy (non-hydrogen) atoms. The summed E-state index contributed by atoms with van der Waals surface area (Å²) in [5, 5.41) is 2.56. The zero-order valence-corrected chi connectivity index (χ0v) is 14.0. The first-order valence-electron chi connectivity index (χ1n) is 7.75. The zero-order valence-electron chi connectivity index (χ0n) is 14.0. The molecule has 2 aromatic carbocycles. The lowest BCUT2D eigenvalue weighted by molar-refractivity contribution is -0.153. The van der Waals surface area contributed by atoms with Crippen LogP contribution < -0.4 is 10.1 Å². The highest BCUT2D eigenvalue weighted by molar-refractivity contribution is 6.04. The lowest BCUT2D eigenvalue weighted by Gasteiger charge is -2.14. The molecule has 0 unspecified atom stereocenters. The van der Waals surface area contributed by atoms with Gasteiger partial charge in [-0.15, -0.1) is 0 Å². The van der Waals surface area contributed by atoms with E-state index in [9.17, 15) is 14.4 Å². The van der Waals surface area contributed by atoms with E-state index in [1.807, 2.05) is 6.07 Å². The first-order valence-corrected chi connectivity index (χ1v) is 7.75. The second kappa shape index (κ2) is 8.63. The number of para-hydroxylation sites is 2. The summed E-state index contributed by atoms with van der Waals surface area (Å²) in [5.74, 6) is -0.822. The van der Waals surface area contributed by atoms with Crippen LogP contribution in [0.3, 0.4) is 0 Å². The summed E-state index contributed by atoms with van der Waals surface area (Å²) in [6, 6.07) is 15.5. The average molecular weight is 341 g/mol. The Morgan fingerprint density at radius 1 is 1.00 bits per heavy atom. The maximum atomic E-state index is 11.9. The molecule has 0 aromatic heterocycles. The van der Waals surface area contributed by atoms with Gasteiger partial charge in [0.25, 0.3) is 5.91 Å². The van der Waals surface area contributed by atoms with Crippen molar-refractivity contribution in [2.45, 2.75) is 20.0 Å². The number of amides is 1. The van der Waals surface area contributed by atoms with Gasteiger partial charge in [-0.3, -0.25) is 9.59 Å². The first kappa shape index (κ1) is 18.2. The summed E-state index contributed by atoms with van der Waals surface area (Å²) < 4.78 is 10.4. The fourth-order valence-corrected chi connectivity index (χ4v) is 2.09. The summed E-state index contributed by atoms with van der Waals surface area (Å²) >= 11 is 0. The highest BCUT2D eigenvalue weighted by Gasteiger charge is 2.18. The van der Waals surface area contributed by atoms with Gasteiger partial charge in [-0.05, 0) is 38.1 Å². The quantitative estimate of drug-likeness (QED) is 0.618. The molecule has 0 heterocycles. The first-order chi connectivity index (χ1) is 12.0. The Balaban J connectivity index is 1.85. The maximum absolute atomic E-state index is 11.9. The predicted octanol–water partition coefficient (Wildman–Crippen LogP) is 2.84. The minimum atomic E-state index is -0.847. The molecule has 1 amide bonds. The molecule has 2 aromatic rings. The number of hydrogen-bond acceptors (Lipinski definition) is 5. The Kier molecular flexibility index (Phi) is 6.28. The van der Waals surface area contributed by atoms with Gasteiger partial charge in [-0.1, -0.05) is 30.3 Å². The van der Waals surface area contributed by atoms with Gasteiger partial charge < -0.3 is 14.8 Å². The third kappa shape index (κ3) is 5.46. The number of carbonyl (C=O) groups is 3. The summed E-state index contributed by atoms with van der Waals surface area (Å²) in [7, 11) is 0. The fourth-order valence-electron chi connectivity index (χ4n) is 2.09. The van der Waals surface area contributed by atoms with Gasteiger partial charge in [0.1, 0.15) is 5.75 Å². The monoisotopic (exact) mass is 341 g/mol. The van der Waals surface area contributed by atoms with Crippen LogP contribution in [0.25, 0.3) is 0 Å². The molecular formula is C19H19NO5. The van der Waals surface area contributed by atoms with E-state index < -0.39 is 24.6 Å². The van der Waals surface area contributed by atoms with Crippen molar-refractivity contribution < 1.29 is 23.9 Å². The van der Waals surface area contributed by atoms with Crippen LogP contribution in [0.1, 0.15) is 24.2 Å². The van der Waals surface area contributed by atoms with Crippen molar-refractivity contribution in [1.82, 2.24) is 0 Å². The SMILES string of the molecule is CC(=O)c1ccccc1NC(=O)COC(=O)[C@@H](C)Oc1ccccc1. The molecule has 0 aliphatic rings. The molecule has 0 bridgehead atoms. The average Bonchev–Trinajstić information content (AvgIpc) is 2.60. The molecule has 130 valence electrons. The van der Waals surface area contributed by atoms with Gasteiger partial charge in [0.15, 0.2) is 18.5 Å². The summed E-state index contributed by atoms with van der Waals surface area (Å²) in [5.41, 5.74) is 0.771. The van der Waals surface area contributed by atoms with Crippen LogP contribution in [-0.2, 0) is 14.3 Å². The van der Waals surface area contributed by atoms with Crippen LogP contribution in [0.15, 0.2) is 54.6 Å². The maximum Gasteiger partial charge on any atom is 0.347 e. The minimum absolute atomic E-state index is 0.169. The highest BCUT2D eigenvalue weighted by Crippen LogP contribution is 2.15. The standard InChI is InChI=1S/C19H19NO5/c1-13(21)16-10-6-7-11-17(16)20-18(22)12-24-19(23)14(2)25-15-8-4-3-5-9-15/h3-11,14H,12H2,1-2H3,(H,20,22)/t14-/m1/s1. The topological polar surface area (TPSA) is 81.7 Å². The Labute approximate surface area is 145 Å². The molecule has 1 N–H and O–H groups in total. The minimum Gasteiger partial charge on any atom is -0.479 e. The highest BCUT2D eigenvalue weighted by atomic mass is 16.6. The molecule has 0 aliphatic carbocycles. The van der Waals surface area contributed by atoms with Gasteiger partial charge in [0.05, 0.1) is 5.69 Å². The smallest absolute Gasteiger partial charge is 0.347 e. The van der Waals surface area contributed by atoms with E-state index in [-0.39, 0.29) is 5.78 Å². The number of hydrogen-bond donors (Lipinski definition) is 1. The molecule has 0 radical (unpaired) electrons. The third-order valence-electron chi connectivity index (χ3n) is 3.31. The van der Waals surface area contributed by atoms with E-state index in [4.69, 9.17) is 9.47 Å². The summed E-state index contributed by atoms with van der Waals surface area (Å²) in [6.07, 6.45) is -0.847. The number of esters is 1. The van der Waals surface area contributed by atoms with Gasteiger partial charge in [0.2, 0.25) is 0 Å². The Bertz CT molecular complexity index is 757. The number of ether oxygens (including phenoxy) is 2. The van der Waals surface area contributed by atoms with Crippen LogP contribution in [-0.4, -0.2) is 30.4 Å². The number of nitrogens with one attached hydrogen (secondary N) is 1. The number of carbonyl (C=O) groups excluding carboxylic acids is 3.